The summed E-state index contributed by atoms with van der Waals surface area (Å²) in [6, 6.07) is 7.83. The minimum atomic E-state index is -2.82. The van der Waals surface area contributed by atoms with Crippen LogP contribution in [0.25, 0.3) is 0 Å². The van der Waals surface area contributed by atoms with Crippen molar-refractivity contribution in [3.8, 4) is 0 Å². The molecule has 0 radical (unpaired) electrons. The molecule has 6 nitrogen and oxygen atoms in total. The van der Waals surface area contributed by atoms with Gasteiger partial charge in [-0.3, -0.25) is 9.89 Å². The number of nitrogens with zero attached hydrogens (tertiary/aromatic N) is 2. The fraction of sp³-hybridized carbons (Fsp3) is 0.588. The Morgan fingerprint density at radius 3 is 2.52 bits per heavy atom. The quantitative estimate of drug-likeness (QED) is 0.171. The van der Waals surface area contributed by atoms with Gasteiger partial charge in [-0.1, -0.05) is 11.6 Å². The molecule has 1 aromatic carbocycles. The van der Waals surface area contributed by atoms with E-state index >= 15 is 0 Å². The minimum absolute atomic E-state index is 0. The van der Waals surface area contributed by atoms with Gasteiger partial charge in [-0.2, -0.15) is 0 Å². The third-order valence-electron chi connectivity index (χ3n) is 3.94. The number of benzene rings is 1. The summed E-state index contributed by atoms with van der Waals surface area (Å²) < 4.78 is 22.9. The number of rotatable bonds is 8. The van der Waals surface area contributed by atoms with E-state index in [1.54, 1.807) is 11.8 Å². The molecule has 0 bridgehead atoms. The fourth-order valence-corrected chi connectivity index (χ4v) is 4.66. The molecule has 0 aliphatic carbocycles. The maximum absolute atomic E-state index is 11.4. The van der Waals surface area contributed by atoms with Crippen LogP contribution in [0.3, 0.4) is 0 Å². The summed E-state index contributed by atoms with van der Waals surface area (Å²) in [5, 5.41) is 7.32. The van der Waals surface area contributed by atoms with Gasteiger partial charge in [0, 0.05) is 48.4 Å². The molecule has 2 rings (SSSR count). The highest BCUT2D eigenvalue weighted by molar-refractivity contribution is 14.0. The summed E-state index contributed by atoms with van der Waals surface area (Å²) in [6.45, 7) is 6.30. The van der Waals surface area contributed by atoms with Crippen LogP contribution < -0.4 is 10.6 Å². The largest absolute Gasteiger partial charge is 0.357 e. The van der Waals surface area contributed by atoms with E-state index in [9.17, 15) is 8.42 Å². The van der Waals surface area contributed by atoms with Gasteiger partial charge in [0.2, 0.25) is 0 Å². The smallest absolute Gasteiger partial charge is 0.191 e. The lowest BCUT2D eigenvalue weighted by Gasteiger charge is -2.25. The molecule has 2 N–H and O–H groups in total. The van der Waals surface area contributed by atoms with Crippen molar-refractivity contribution in [1.82, 2.24) is 15.5 Å². The molecule has 1 aliphatic heterocycles. The van der Waals surface area contributed by atoms with Crippen molar-refractivity contribution >= 4 is 63.1 Å². The molecule has 0 amide bonds. The number of aliphatic imine (C=N–C) groups is 1. The zero-order valence-electron chi connectivity index (χ0n) is 15.5. The van der Waals surface area contributed by atoms with Crippen LogP contribution in [0.4, 0.5) is 0 Å². The van der Waals surface area contributed by atoms with E-state index < -0.39 is 9.84 Å². The summed E-state index contributed by atoms with van der Waals surface area (Å²) in [6.07, 6.45) is 0. The molecule has 0 aromatic heterocycles. The molecule has 1 aromatic rings. The Morgan fingerprint density at radius 2 is 1.89 bits per heavy atom. The van der Waals surface area contributed by atoms with Crippen molar-refractivity contribution in [2.75, 3.05) is 56.5 Å². The predicted octanol–water partition coefficient (Wildman–Crippen LogP) is 2.34. The Balaban J connectivity index is 0.00000364. The second-order valence-corrected chi connectivity index (χ2v) is 9.89. The molecule has 0 spiro atoms. The molecular weight excluding hydrogens is 519 g/mol. The number of hydrogen-bond donors (Lipinski definition) is 2. The number of nitrogens with one attached hydrogen (secondary N) is 2. The number of sulfone groups is 1. The molecule has 1 heterocycles. The fourth-order valence-electron chi connectivity index (χ4n) is 2.49. The van der Waals surface area contributed by atoms with Crippen LogP contribution in [0.15, 0.2) is 34.2 Å². The highest BCUT2D eigenvalue weighted by Gasteiger charge is 2.20. The Labute approximate surface area is 188 Å². The van der Waals surface area contributed by atoms with Gasteiger partial charge in [0.1, 0.15) is 0 Å². The predicted molar refractivity (Wildman–Crippen MR) is 127 cm³/mol. The number of thioether (sulfide) groups is 1. The van der Waals surface area contributed by atoms with Crippen LogP contribution in [-0.2, 0) is 9.84 Å². The maximum atomic E-state index is 11.4. The Hall–Kier alpha value is -0.230. The van der Waals surface area contributed by atoms with Crippen molar-refractivity contribution in [2.24, 2.45) is 4.99 Å². The lowest BCUT2D eigenvalue weighted by atomic mass is 10.4. The van der Waals surface area contributed by atoms with Gasteiger partial charge < -0.3 is 10.6 Å². The van der Waals surface area contributed by atoms with Gasteiger partial charge in [-0.05, 0) is 31.2 Å². The van der Waals surface area contributed by atoms with E-state index in [-0.39, 0.29) is 35.5 Å². The molecule has 27 heavy (non-hydrogen) atoms. The molecule has 10 heteroatoms. The van der Waals surface area contributed by atoms with Crippen molar-refractivity contribution in [1.29, 1.82) is 0 Å². The van der Waals surface area contributed by atoms with Crippen LogP contribution in [-0.4, -0.2) is 75.8 Å². The number of guanidine groups is 1. The van der Waals surface area contributed by atoms with Gasteiger partial charge in [0.25, 0.3) is 0 Å². The number of halogens is 2. The monoisotopic (exact) mass is 546 g/mol. The van der Waals surface area contributed by atoms with Gasteiger partial charge in [0.05, 0.1) is 18.1 Å². The zero-order chi connectivity index (χ0) is 18.8. The molecular formula is C17H28ClIN4O2S2. The van der Waals surface area contributed by atoms with Crippen LogP contribution in [0.5, 0.6) is 0 Å². The van der Waals surface area contributed by atoms with Gasteiger partial charge >= 0.3 is 0 Å². The topological polar surface area (TPSA) is 73.8 Å². The van der Waals surface area contributed by atoms with Gasteiger partial charge in [0.15, 0.2) is 15.8 Å². The molecule has 0 saturated carbocycles. The van der Waals surface area contributed by atoms with E-state index in [2.05, 4.69) is 20.5 Å². The first-order chi connectivity index (χ1) is 12.5. The lowest BCUT2D eigenvalue weighted by molar-refractivity contribution is 0.304. The first-order valence-corrected chi connectivity index (χ1v) is 12.0. The minimum Gasteiger partial charge on any atom is -0.357 e. The zero-order valence-corrected chi connectivity index (χ0v) is 20.2. The Kier molecular flexibility index (Phi) is 12.0. The van der Waals surface area contributed by atoms with Crippen LogP contribution in [0.2, 0.25) is 5.02 Å². The molecule has 1 aliphatic rings. The summed E-state index contributed by atoms with van der Waals surface area (Å²) in [5.41, 5.74) is 0. The highest BCUT2D eigenvalue weighted by atomic mass is 127. The van der Waals surface area contributed by atoms with E-state index in [0.29, 0.717) is 19.6 Å². The number of hydrogen-bond acceptors (Lipinski definition) is 5. The first kappa shape index (κ1) is 24.8. The summed E-state index contributed by atoms with van der Waals surface area (Å²) in [4.78, 5) is 7.93. The SMILES string of the molecule is CCNC(=NCCN1CCS(=O)(=O)CC1)NCCSc1ccc(Cl)cc1.I. The molecule has 1 fully saturated rings. The normalized spacial score (nSPS) is 17.2. The van der Waals surface area contributed by atoms with Crippen molar-refractivity contribution in [2.45, 2.75) is 11.8 Å². The van der Waals surface area contributed by atoms with E-state index in [4.69, 9.17) is 11.6 Å². The molecule has 1 saturated heterocycles. The van der Waals surface area contributed by atoms with Crippen molar-refractivity contribution in [3.63, 3.8) is 0 Å². The first-order valence-electron chi connectivity index (χ1n) is 8.82. The third kappa shape index (κ3) is 10.2. The van der Waals surface area contributed by atoms with E-state index in [0.717, 1.165) is 36.4 Å². The third-order valence-corrected chi connectivity index (χ3v) is 6.82. The lowest BCUT2D eigenvalue weighted by Crippen LogP contribution is -2.42. The average molecular weight is 547 g/mol. The van der Waals surface area contributed by atoms with E-state index in [1.807, 2.05) is 31.2 Å². The summed E-state index contributed by atoms with van der Waals surface area (Å²) in [7, 11) is -2.82. The average Bonchev–Trinajstić information content (AvgIpc) is 2.61. The summed E-state index contributed by atoms with van der Waals surface area (Å²) >= 11 is 7.66. The second-order valence-electron chi connectivity index (χ2n) is 5.98. The van der Waals surface area contributed by atoms with Crippen molar-refractivity contribution in [3.05, 3.63) is 29.3 Å². The Morgan fingerprint density at radius 1 is 1.22 bits per heavy atom. The van der Waals surface area contributed by atoms with Crippen LogP contribution in [0.1, 0.15) is 6.92 Å². The molecule has 0 unspecified atom stereocenters. The standard InChI is InChI=1S/C17H27ClN4O2S2.HI/c1-2-19-17(20-7-9-22-10-13-26(23,24)14-11-22)21-8-12-25-16-5-3-15(18)4-6-16;/h3-6H,2,7-14H2,1H3,(H2,19,20,21);1H. The van der Waals surface area contributed by atoms with Gasteiger partial charge in [-0.25, -0.2) is 8.42 Å². The molecule has 0 atom stereocenters. The Bertz CT molecular complexity index is 673. The highest BCUT2D eigenvalue weighted by Crippen LogP contribution is 2.19. The molecule has 154 valence electrons. The summed E-state index contributed by atoms with van der Waals surface area (Å²) in [5.74, 6) is 2.25. The maximum Gasteiger partial charge on any atom is 0.191 e. The van der Waals surface area contributed by atoms with E-state index in [1.165, 1.54) is 4.90 Å². The second kappa shape index (κ2) is 13.1. The van der Waals surface area contributed by atoms with Crippen molar-refractivity contribution < 1.29 is 8.42 Å². The van der Waals surface area contributed by atoms with Crippen LogP contribution >= 0.6 is 47.3 Å². The van der Waals surface area contributed by atoms with Crippen LogP contribution in [0, 0.1) is 0 Å². The van der Waals surface area contributed by atoms with Gasteiger partial charge in [-0.15, -0.1) is 35.7 Å².